The van der Waals surface area contributed by atoms with Gasteiger partial charge in [0.25, 0.3) is 0 Å². The second kappa shape index (κ2) is 6.93. The van der Waals surface area contributed by atoms with Crippen molar-refractivity contribution in [3.05, 3.63) is 0 Å². The minimum Gasteiger partial charge on any atom is -0.481 e. The van der Waals surface area contributed by atoms with Crippen LogP contribution in [0.5, 0.6) is 0 Å². The van der Waals surface area contributed by atoms with E-state index in [1.807, 2.05) is 0 Å². The molecule has 1 aliphatic carbocycles. The van der Waals surface area contributed by atoms with E-state index in [-0.39, 0.29) is 0 Å². The van der Waals surface area contributed by atoms with Crippen LogP contribution in [0, 0.1) is 17.3 Å². The first-order valence-electron chi connectivity index (χ1n) is 8.51. The summed E-state index contributed by atoms with van der Waals surface area (Å²) in [5.41, 5.74) is -0.465. The van der Waals surface area contributed by atoms with E-state index in [9.17, 15) is 9.90 Å². The molecule has 0 amide bonds. The summed E-state index contributed by atoms with van der Waals surface area (Å²) < 4.78 is 0. The van der Waals surface area contributed by atoms with E-state index in [4.69, 9.17) is 0 Å². The highest BCUT2D eigenvalue weighted by atomic mass is 16.4. The summed E-state index contributed by atoms with van der Waals surface area (Å²) in [5, 5.41) is 9.66. The van der Waals surface area contributed by atoms with Crippen LogP contribution in [0.15, 0.2) is 0 Å². The molecular formula is C17H31NO2. The Kier molecular flexibility index (Phi) is 5.48. The maximum absolute atomic E-state index is 11.7. The van der Waals surface area contributed by atoms with Crippen LogP contribution in [0.1, 0.15) is 65.2 Å². The van der Waals surface area contributed by atoms with Crippen LogP contribution < -0.4 is 0 Å². The third kappa shape index (κ3) is 3.75. The number of nitrogens with zero attached hydrogens (tertiary/aromatic N) is 1. The molecule has 3 heteroatoms. The van der Waals surface area contributed by atoms with Crippen molar-refractivity contribution >= 4 is 5.97 Å². The highest BCUT2D eigenvalue weighted by molar-refractivity contribution is 5.75. The monoisotopic (exact) mass is 281 g/mol. The van der Waals surface area contributed by atoms with E-state index < -0.39 is 11.4 Å². The van der Waals surface area contributed by atoms with Crippen LogP contribution in [0.25, 0.3) is 0 Å². The fraction of sp³-hybridized carbons (Fsp3) is 0.941. The Bertz CT molecular complexity index is 327. The molecule has 1 heterocycles. The molecule has 2 aliphatic rings. The summed E-state index contributed by atoms with van der Waals surface area (Å²) in [6, 6.07) is 0. The van der Waals surface area contributed by atoms with Crippen molar-refractivity contribution < 1.29 is 9.90 Å². The van der Waals surface area contributed by atoms with Gasteiger partial charge in [0, 0.05) is 13.1 Å². The molecule has 116 valence electrons. The summed E-state index contributed by atoms with van der Waals surface area (Å²) in [6.07, 6.45) is 9.14. The number of aliphatic carboxylic acids is 1. The van der Waals surface area contributed by atoms with Crippen molar-refractivity contribution in [3.63, 3.8) is 0 Å². The van der Waals surface area contributed by atoms with E-state index in [2.05, 4.69) is 18.7 Å². The second-order valence-corrected chi connectivity index (χ2v) is 7.31. The van der Waals surface area contributed by atoms with Gasteiger partial charge in [0.1, 0.15) is 0 Å². The predicted octanol–water partition coefficient (Wildman–Crippen LogP) is 3.78. The molecule has 1 saturated carbocycles. The molecule has 0 spiro atoms. The topological polar surface area (TPSA) is 40.5 Å². The Morgan fingerprint density at radius 1 is 1.35 bits per heavy atom. The smallest absolute Gasteiger partial charge is 0.310 e. The minimum absolute atomic E-state index is 0.465. The zero-order valence-electron chi connectivity index (χ0n) is 13.2. The van der Waals surface area contributed by atoms with Gasteiger partial charge in [0.05, 0.1) is 5.41 Å². The van der Waals surface area contributed by atoms with Crippen LogP contribution in [-0.4, -0.2) is 35.6 Å². The van der Waals surface area contributed by atoms with E-state index in [0.29, 0.717) is 0 Å². The summed E-state index contributed by atoms with van der Waals surface area (Å²) in [4.78, 5) is 14.2. The fourth-order valence-electron chi connectivity index (χ4n) is 4.44. The van der Waals surface area contributed by atoms with Crippen LogP contribution >= 0.6 is 0 Å². The third-order valence-corrected chi connectivity index (χ3v) is 5.40. The maximum Gasteiger partial charge on any atom is 0.310 e. The summed E-state index contributed by atoms with van der Waals surface area (Å²) in [5.74, 6) is 1.09. The van der Waals surface area contributed by atoms with Gasteiger partial charge < -0.3 is 10.0 Å². The fourth-order valence-corrected chi connectivity index (χ4v) is 4.44. The van der Waals surface area contributed by atoms with Gasteiger partial charge in [-0.1, -0.05) is 33.1 Å². The zero-order chi connectivity index (χ0) is 14.6. The van der Waals surface area contributed by atoms with Gasteiger partial charge in [-0.25, -0.2) is 0 Å². The van der Waals surface area contributed by atoms with Gasteiger partial charge in [-0.3, -0.25) is 4.79 Å². The largest absolute Gasteiger partial charge is 0.481 e. The van der Waals surface area contributed by atoms with Gasteiger partial charge in [-0.15, -0.1) is 0 Å². The van der Waals surface area contributed by atoms with Crippen LogP contribution in [0.3, 0.4) is 0 Å². The molecule has 0 radical (unpaired) electrons. The first kappa shape index (κ1) is 15.8. The van der Waals surface area contributed by atoms with E-state index in [0.717, 1.165) is 57.2 Å². The standard InChI is InChI=1S/C17H31NO2/c1-3-8-17(16(19)20)9-5-10-18(13-17)12-15-7-4-6-14(2)11-15/h14-15H,3-13H2,1-2H3,(H,19,20). The average Bonchev–Trinajstić information content (AvgIpc) is 2.39. The lowest BCUT2D eigenvalue weighted by Crippen LogP contribution is -2.49. The molecule has 3 atom stereocenters. The molecule has 0 aromatic carbocycles. The zero-order valence-corrected chi connectivity index (χ0v) is 13.2. The van der Waals surface area contributed by atoms with Crippen LogP contribution in [-0.2, 0) is 4.79 Å². The SMILES string of the molecule is CCCC1(C(=O)O)CCCN(CC2CCCC(C)C2)C1. The van der Waals surface area contributed by atoms with Crippen molar-refractivity contribution in [2.45, 2.75) is 65.2 Å². The molecule has 2 fully saturated rings. The Morgan fingerprint density at radius 3 is 2.80 bits per heavy atom. The first-order chi connectivity index (χ1) is 9.55. The average molecular weight is 281 g/mol. The summed E-state index contributed by atoms with van der Waals surface area (Å²) >= 11 is 0. The Morgan fingerprint density at radius 2 is 2.15 bits per heavy atom. The highest BCUT2D eigenvalue weighted by Gasteiger charge is 2.41. The number of rotatable bonds is 5. The van der Waals surface area contributed by atoms with Crippen molar-refractivity contribution in [2.75, 3.05) is 19.6 Å². The molecular weight excluding hydrogens is 250 g/mol. The Labute approximate surface area is 123 Å². The molecule has 1 N–H and O–H groups in total. The number of hydrogen-bond donors (Lipinski definition) is 1. The summed E-state index contributed by atoms with van der Waals surface area (Å²) in [6.45, 7) is 7.47. The van der Waals surface area contributed by atoms with Crippen molar-refractivity contribution in [3.8, 4) is 0 Å². The number of likely N-dealkylation sites (tertiary alicyclic amines) is 1. The van der Waals surface area contributed by atoms with Gasteiger partial charge in [-0.2, -0.15) is 0 Å². The number of hydrogen-bond acceptors (Lipinski definition) is 2. The predicted molar refractivity (Wildman–Crippen MR) is 81.8 cm³/mol. The second-order valence-electron chi connectivity index (χ2n) is 7.31. The lowest BCUT2D eigenvalue weighted by Gasteiger charge is -2.42. The van der Waals surface area contributed by atoms with Crippen molar-refractivity contribution in [2.24, 2.45) is 17.3 Å². The van der Waals surface area contributed by atoms with E-state index in [1.54, 1.807) is 0 Å². The highest BCUT2D eigenvalue weighted by Crippen LogP contribution is 2.36. The first-order valence-corrected chi connectivity index (χ1v) is 8.51. The molecule has 2 rings (SSSR count). The molecule has 1 aliphatic heterocycles. The van der Waals surface area contributed by atoms with Crippen LogP contribution in [0.2, 0.25) is 0 Å². The molecule has 0 bridgehead atoms. The Hall–Kier alpha value is -0.570. The minimum atomic E-state index is -0.568. The number of piperidine rings is 1. The quantitative estimate of drug-likeness (QED) is 0.833. The molecule has 20 heavy (non-hydrogen) atoms. The lowest BCUT2D eigenvalue weighted by atomic mass is 9.75. The third-order valence-electron chi connectivity index (χ3n) is 5.40. The molecule has 3 nitrogen and oxygen atoms in total. The number of carboxylic acid groups (broad SMARTS) is 1. The lowest BCUT2D eigenvalue weighted by molar-refractivity contribution is -0.153. The molecule has 0 aromatic rings. The Balaban J connectivity index is 1.93. The van der Waals surface area contributed by atoms with E-state index in [1.165, 1.54) is 25.7 Å². The van der Waals surface area contributed by atoms with E-state index >= 15 is 0 Å². The molecule has 3 unspecified atom stereocenters. The van der Waals surface area contributed by atoms with Crippen LogP contribution in [0.4, 0.5) is 0 Å². The summed E-state index contributed by atoms with van der Waals surface area (Å²) in [7, 11) is 0. The number of carboxylic acids is 1. The number of carbonyl (C=O) groups is 1. The normalized spacial score (nSPS) is 35.9. The van der Waals surface area contributed by atoms with Gasteiger partial charge in [-0.05, 0) is 50.5 Å². The molecule has 1 saturated heterocycles. The maximum atomic E-state index is 11.7. The van der Waals surface area contributed by atoms with Gasteiger partial charge >= 0.3 is 5.97 Å². The van der Waals surface area contributed by atoms with Gasteiger partial charge in [0.2, 0.25) is 0 Å². The van der Waals surface area contributed by atoms with Gasteiger partial charge in [0.15, 0.2) is 0 Å². The molecule has 0 aromatic heterocycles. The van der Waals surface area contributed by atoms with Crippen molar-refractivity contribution in [1.29, 1.82) is 0 Å². The van der Waals surface area contributed by atoms with Crippen molar-refractivity contribution in [1.82, 2.24) is 4.90 Å².